The minimum Gasteiger partial charge on any atom is -0.467 e. The van der Waals surface area contributed by atoms with Crippen molar-refractivity contribution in [3.05, 3.63) is 24.2 Å². The van der Waals surface area contributed by atoms with Crippen molar-refractivity contribution in [3.8, 4) is 0 Å². The van der Waals surface area contributed by atoms with Gasteiger partial charge in [-0.15, -0.1) is 0 Å². The molecule has 5 heteroatoms. The van der Waals surface area contributed by atoms with E-state index >= 15 is 0 Å². The van der Waals surface area contributed by atoms with Crippen molar-refractivity contribution in [2.75, 3.05) is 18.1 Å². The van der Waals surface area contributed by atoms with Gasteiger partial charge in [0.15, 0.2) is 0 Å². The molecular weight excluding hydrogens is 224 g/mol. The van der Waals surface area contributed by atoms with Crippen LogP contribution in [0.3, 0.4) is 0 Å². The van der Waals surface area contributed by atoms with Crippen LogP contribution in [-0.2, 0) is 4.79 Å². The second-order valence-electron chi connectivity index (χ2n) is 3.83. The van der Waals surface area contributed by atoms with Crippen LogP contribution in [0.5, 0.6) is 0 Å². The SMILES string of the molecule is C[C@H](NC(=O)C1CSCCN1)c1ccco1. The predicted octanol–water partition coefficient (Wildman–Crippen LogP) is 1.16. The van der Waals surface area contributed by atoms with E-state index in [4.69, 9.17) is 4.42 Å². The minimum atomic E-state index is -0.0730. The largest absolute Gasteiger partial charge is 0.467 e. The fraction of sp³-hybridized carbons (Fsp3) is 0.545. The number of carbonyl (C=O) groups excluding carboxylic acids is 1. The van der Waals surface area contributed by atoms with Crippen LogP contribution in [0.15, 0.2) is 22.8 Å². The van der Waals surface area contributed by atoms with E-state index in [0.29, 0.717) is 0 Å². The average molecular weight is 240 g/mol. The Morgan fingerprint density at radius 2 is 2.62 bits per heavy atom. The van der Waals surface area contributed by atoms with E-state index in [9.17, 15) is 4.79 Å². The summed E-state index contributed by atoms with van der Waals surface area (Å²) in [4.78, 5) is 11.9. The average Bonchev–Trinajstić information content (AvgIpc) is 2.83. The Kier molecular flexibility index (Phi) is 3.90. The van der Waals surface area contributed by atoms with Gasteiger partial charge in [0.05, 0.1) is 18.3 Å². The summed E-state index contributed by atoms with van der Waals surface area (Å²) in [6.07, 6.45) is 1.62. The molecule has 2 N–H and O–H groups in total. The summed E-state index contributed by atoms with van der Waals surface area (Å²) in [6.45, 7) is 2.82. The quantitative estimate of drug-likeness (QED) is 0.832. The summed E-state index contributed by atoms with van der Waals surface area (Å²) < 4.78 is 5.24. The molecule has 0 radical (unpaired) electrons. The number of hydrogen-bond acceptors (Lipinski definition) is 4. The van der Waals surface area contributed by atoms with Gasteiger partial charge in [-0.3, -0.25) is 4.79 Å². The number of rotatable bonds is 3. The Morgan fingerprint density at radius 3 is 3.25 bits per heavy atom. The van der Waals surface area contributed by atoms with E-state index in [1.807, 2.05) is 30.8 Å². The highest BCUT2D eigenvalue weighted by molar-refractivity contribution is 7.99. The van der Waals surface area contributed by atoms with Crippen LogP contribution >= 0.6 is 11.8 Å². The topological polar surface area (TPSA) is 54.3 Å². The molecule has 0 aliphatic carbocycles. The van der Waals surface area contributed by atoms with Gasteiger partial charge in [0, 0.05) is 18.1 Å². The Hall–Kier alpha value is -0.940. The number of carbonyl (C=O) groups is 1. The number of hydrogen-bond donors (Lipinski definition) is 2. The summed E-state index contributed by atoms with van der Waals surface area (Å²) in [5.74, 6) is 2.77. The monoisotopic (exact) mass is 240 g/mol. The van der Waals surface area contributed by atoms with E-state index in [-0.39, 0.29) is 18.0 Å². The molecule has 16 heavy (non-hydrogen) atoms. The van der Waals surface area contributed by atoms with Crippen LogP contribution < -0.4 is 10.6 Å². The van der Waals surface area contributed by atoms with Gasteiger partial charge in [-0.1, -0.05) is 0 Å². The number of furan rings is 1. The maximum absolute atomic E-state index is 11.9. The van der Waals surface area contributed by atoms with Crippen LogP contribution in [0.1, 0.15) is 18.7 Å². The zero-order chi connectivity index (χ0) is 11.4. The molecule has 2 rings (SSSR count). The number of thioether (sulfide) groups is 1. The van der Waals surface area contributed by atoms with Crippen LogP contribution in [0.2, 0.25) is 0 Å². The van der Waals surface area contributed by atoms with Crippen molar-refractivity contribution in [3.63, 3.8) is 0 Å². The van der Waals surface area contributed by atoms with Gasteiger partial charge in [-0.25, -0.2) is 0 Å². The molecule has 0 spiro atoms. The second-order valence-corrected chi connectivity index (χ2v) is 4.98. The van der Waals surface area contributed by atoms with Crippen molar-refractivity contribution in [2.24, 2.45) is 0 Å². The summed E-state index contributed by atoms with van der Waals surface area (Å²) in [5, 5.41) is 6.15. The molecular formula is C11H16N2O2S. The van der Waals surface area contributed by atoms with Crippen molar-refractivity contribution < 1.29 is 9.21 Å². The Morgan fingerprint density at radius 1 is 1.75 bits per heavy atom. The van der Waals surface area contributed by atoms with Gasteiger partial charge in [-0.2, -0.15) is 11.8 Å². The summed E-state index contributed by atoms with van der Waals surface area (Å²) in [6, 6.07) is 3.55. The first-order chi connectivity index (χ1) is 7.77. The summed E-state index contributed by atoms with van der Waals surface area (Å²) >= 11 is 1.81. The molecule has 1 aliphatic heterocycles. The van der Waals surface area contributed by atoms with E-state index < -0.39 is 0 Å². The fourth-order valence-electron chi connectivity index (χ4n) is 1.66. The van der Waals surface area contributed by atoms with Gasteiger partial charge < -0.3 is 15.1 Å². The minimum absolute atomic E-state index is 0.0519. The van der Waals surface area contributed by atoms with Crippen LogP contribution in [0, 0.1) is 0 Å². The van der Waals surface area contributed by atoms with Crippen LogP contribution in [-0.4, -0.2) is 30.0 Å². The molecule has 2 heterocycles. The Labute approximate surface area is 99.2 Å². The standard InChI is InChI=1S/C11H16N2O2S/c1-8(10-3-2-5-15-10)13-11(14)9-7-16-6-4-12-9/h2-3,5,8-9,12H,4,6-7H2,1H3,(H,13,14)/t8-,9?/m0/s1. The van der Waals surface area contributed by atoms with Gasteiger partial charge in [0.25, 0.3) is 0 Å². The zero-order valence-corrected chi connectivity index (χ0v) is 10.0. The molecule has 1 saturated heterocycles. The summed E-state index contributed by atoms with van der Waals surface area (Å²) in [5.41, 5.74) is 0. The maximum Gasteiger partial charge on any atom is 0.238 e. The van der Waals surface area contributed by atoms with Crippen molar-refractivity contribution in [2.45, 2.75) is 19.0 Å². The molecule has 1 aromatic heterocycles. The first kappa shape index (κ1) is 11.5. The molecule has 0 bridgehead atoms. The lowest BCUT2D eigenvalue weighted by atomic mass is 10.2. The van der Waals surface area contributed by atoms with Crippen LogP contribution in [0.4, 0.5) is 0 Å². The molecule has 0 aromatic carbocycles. The smallest absolute Gasteiger partial charge is 0.238 e. The molecule has 1 unspecified atom stereocenters. The second kappa shape index (κ2) is 5.41. The molecule has 2 atom stereocenters. The third-order valence-corrected chi connectivity index (χ3v) is 3.63. The van der Waals surface area contributed by atoms with Gasteiger partial charge in [0.2, 0.25) is 5.91 Å². The first-order valence-corrected chi connectivity index (χ1v) is 6.58. The molecule has 1 aromatic rings. The lowest BCUT2D eigenvalue weighted by Crippen LogP contribution is -2.49. The Balaban J connectivity index is 1.86. The van der Waals surface area contributed by atoms with Gasteiger partial charge in [0.1, 0.15) is 5.76 Å². The van der Waals surface area contributed by atoms with Crippen LogP contribution in [0.25, 0.3) is 0 Å². The summed E-state index contributed by atoms with van der Waals surface area (Å²) in [7, 11) is 0. The normalized spacial score (nSPS) is 22.7. The number of nitrogens with one attached hydrogen (secondary N) is 2. The number of amides is 1. The highest BCUT2D eigenvalue weighted by Gasteiger charge is 2.22. The maximum atomic E-state index is 11.9. The highest BCUT2D eigenvalue weighted by atomic mass is 32.2. The third-order valence-electron chi connectivity index (χ3n) is 2.57. The highest BCUT2D eigenvalue weighted by Crippen LogP contribution is 2.13. The Bertz CT molecular complexity index is 334. The molecule has 0 saturated carbocycles. The predicted molar refractivity (Wildman–Crippen MR) is 64.4 cm³/mol. The lowest BCUT2D eigenvalue weighted by molar-refractivity contribution is -0.123. The fourth-order valence-corrected chi connectivity index (χ4v) is 2.59. The molecule has 1 fully saturated rings. The molecule has 4 nitrogen and oxygen atoms in total. The van der Waals surface area contributed by atoms with Gasteiger partial charge in [-0.05, 0) is 19.1 Å². The van der Waals surface area contributed by atoms with Crippen molar-refractivity contribution in [1.29, 1.82) is 0 Å². The first-order valence-electron chi connectivity index (χ1n) is 5.42. The van der Waals surface area contributed by atoms with E-state index in [0.717, 1.165) is 23.8 Å². The van der Waals surface area contributed by atoms with Gasteiger partial charge >= 0.3 is 0 Å². The lowest BCUT2D eigenvalue weighted by Gasteiger charge is -2.23. The third kappa shape index (κ3) is 2.80. The van der Waals surface area contributed by atoms with E-state index in [1.54, 1.807) is 6.26 Å². The molecule has 1 aliphatic rings. The van der Waals surface area contributed by atoms with Crippen molar-refractivity contribution in [1.82, 2.24) is 10.6 Å². The molecule has 1 amide bonds. The van der Waals surface area contributed by atoms with E-state index in [1.165, 1.54) is 0 Å². The molecule has 88 valence electrons. The van der Waals surface area contributed by atoms with E-state index in [2.05, 4.69) is 10.6 Å². The zero-order valence-electron chi connectivity index (χ0n) is 9.23. The van der Waals surface area contributed by atoms with Crippen molar-refractivity contribution >= 4 is 17.7 Å².